The van der Waals surface area contributed by atoms with Crippen LogP contribution < -0.4 is 0 Å². The number of alkyl halides is 3. The van der Waals surface area contributed by atoms with Crippen molar-refractivity contribution in [2.75, 3.05) is 14.1 Å². The zero-order valence-electron chi connectivity index (χ0n) is 10.5. The van der Waals surface area contributed by atoms with Crippen LogP contribution in [0, 0.1) is 5.41 Å². The minimum atomic E-state index is -4.48. The summed E-state index contributed by atoms with van der Waals surface area (Å²) >= 11 is 0.913. The van der Waals surface area contributed by atoms with E-state index in [0.29, 0.717) is 0 Å². The first-order chi connectivity index (χ1) is 8.60. The van der Waals surface area contributed by atoms with Crippen LogP contribution in [-0.2, 0) is 4.74 Å². The number of hydrogen-bond donors (Lipinski definition) is 3. The summed E-state index contributed by atoms with van der Waals surface area (Å²) < 4.78 is 42.1. The molecule has 1 rings (SSSR count). The highest BCUT2D eigenvalue weighted by molar-refractivity contribution is 8.14. The molecule has 0 spiro atoms. The molecule has 3 N–H and O–H groups in total. The smallest absolute Gasteiger partial charge is 0.390 e. The molecule has 19 heavy (non-hydrogen) atoms. The minimum Gasteiger partial charge on any atom is -0.390 e. The number of amidine groups is 1. The highest BCUT2D eigenvalue weighted by Gasteiger charge is 2.43. The van der Waals surface area contributed by atoms with Crippen molar-refractivity contribution in [1.82, 2.24) is 4.90 Å². The van der Waals surface area contributed by atoms with Crippen molar-refractivity contribution in [1.29, 1.82) is 5.41 Å². The topological polar surface area (TPSA) is 76.8 Å². The summed E-state index contributed by atoms with van der Waals surface area (Å²) in [5.74, 6) is 0. The van der Waals surface area contributed by atoms with Crippen LogP contribution in [0.4, 0.5) is 13.2 Å². The number of aliphatic hydroxyl groups is 2. The molecule has 0 amide bonds. The number of thioether (sulfide) groups is 1. The van der Waals surface area contributed by atoms with Gasteiger partial charge in [-0.05, 0) is 0 Å². The Morgan fingerprint density at radius 1 is 1.42 bits per heavy atom. The Kier molecular flexibility index (Phi) is 5.48. The largest absolute Gasteiger partial charge is 0.391 e. The third-order valence-electron chi connectivity index (χ3n) is 2.62. The Labute approximate surface area is 113 Å². The van der Waals surface area contributed by atoms with Crippen molar-refractivity contribution in [2.45, 2.75) is 42.8 Å². The van der Waals surface area contributed by atoms with Crippen molar-refractivity contribution in [3.8, 4) is 0 Å². The maximum Gasteiger partial charge on any atom is 0.391 e. The average Bonchev–Trinajstić information content (AvgIpc) is 2.23. The summed E-state index contributed by atoms with van der Waals surface area (Å²) in [5, 5.41) is 26.8. The number of nitrogens with one attached hydrogen (secondary N) is 1. The first-order valence-corrected chi connectivity index (χ1v) is 6.49. The SMILES string of the molecule is CN(C)C(=N)SC1CC(O)C(O)C(CC(F)(F)F)O1. The molecule has 1 saturated heterocycles. The summed E-state index contributed by atoms with van der Waals surface area (Å²) in [6, 6.07) is 0. The van der Waals surface area contributed by atoms with E-state index in [1.165, 1.54) is 4.90 Å². The van der Waals surface area contributed by atoms with Crippen molar-refractivity contribution >= 4 is 16.9 Å². The van der Waals surface area contributed by atoms with Crippen LogP contribution in [0.25, 0.3) is 0 Å². The van der Waals surface area contributed by atoms with Crippen LogP contribution in [0.2, 0.25) is 0 Å². The van der Waals surface area contributed by atoms with Crippen LogP contribution in [0.3, 0.4) is 0 Å². The van der Waals surface area contributed by atoms with Gasteiger partial charge in [0.25, 0.3) is 0 Å². The molecule has 9 heteroatoms. The van der Waals surface area contributed by atoms with E-state index in [1.54, 1.807) is 14.1 Å². The van der Waals surface area contributed by atoms with Crippen LogP contribution in [-0.4, -0.2) is 64.3 Å². The van der Waals surface area contributed by atoms with Crippen molar-refractivity contribution in [3.05, 3.63) is 0 Å². The standard InChI is InChI=1S/C10H17F3N2O3S/c1-15(2)9(14)19-7-3-5(16)8(17)6(18-7)4-10(11,12)13/h5-8,14,16-17H,3-4H2,1-2H3. The number of hydrogen-bond acceptors (Lipinski definition) is 5. The van der Waals surface area contributed by atoms with Crippen LogP contribution in [0.5, 0.6) is 0 Å². The Morgan fingerprint density at radius 3 is 2.47 bits per heavy atom. The maximum absolute atomic E-state index is 12.3. The monoisotopic (exact) mass is 302 g/mol. The second-order valence-corrected chi connectivity index (χ2v) is 5.68. The molecule has 0 saturated carbocycles. The van der Waals surface area contributed by atoms with Gasteiger partial charge >= 0.3 is 6.18 Å². The van der Waals surface area contributed by atoms with Crippen molar-refractivity contribution in [3.63, 3.8) is 0 Å². The molecule has 5 nitrogen and oxygen atoms in total. The van der Waals surface area contributed by atoms with Gasteiger partial charge in [-0.15, -0.1) is 0 Å². The molecule has 0 aliphatic carbocycles. The maximum atomic E-state index is 12.3. The van der Waals surface area contributed by atoms with Gasteiger partial charge in [0, 0.05) is 20.5 Å². The molecule has 1 aliphatic heterocycles. The molecule has 112 valence electrons. The van der Waals surface area contributed by atoms with Crippen molar-refractivity contribution in [2.24, 2.45) is 0 Å². The predicted molar refractivity (Wildman–Crippen MR) is 65.0 cm³/mol. The Morgan fingerprint density at radius 2 is 2.00 bits per heavy atom. The lowest BCUT2D eigenvalue weighted by Crippen LogP contribution is -2.49. The van der Waals surface area contributed by atoms with Crippen LogP contribution in [0.15, 0.2) is 0 Å². The lowest BCUT2D eigenvalue weighted by molar-refractivity contribution is -0.206. The minimum absolute atomic E-state index is 0.0174. The summed E-state index contributed by atoms with van der Waals surface area (Å²) in [5.41, 5.74) is -0.777. The highest BCUT2D eigenvalue weighted by atomic mass is 32.2. The molecule has 4 atom stereocenters. The number of ether oxygens (including phenoxy) is 1. The van der Waals surface area contributed by atoms with Crippen molar-refractivity contribution < 1.29 is 28.1 Å². The molecule has 0 aromatic rings. The number of nitrogens with zero attached hydrogens (tertiary/aromatic N) is 1. The molecular weight excluding hydrogens is 285 g/mol. The lowest BCUT2D eigenvalue weighted by Gasteiger charge is -2.37. The van der Waals surface area contributed by atoms with Gasteiger partial charge < -0.3 is 19.8 Å². The zero-order chi connectivity index (χ0) is 14.8. The number of halogens is 3. The fourth-order valence-corrected chi connectivity index (χ4v) is 2.57. The van der Waals surface area contributed by atoms with Gasteiger partial charge in [-0.2, -0.15) is 13.2 Å². The van der Waals surface area contributed by atoms with Gasteiger partial charge in [-0.25, -0.2) is 0 Å². The first kappa shape index (κ1) is 16.5. The van der Waals surface area contributed by atoms with Crippen LogP contribution >= 0.6 is 11.8 Å². The summed E-state index contributed by atoms with van der Waals surface area (Å²) in [7, 11) is 3.24. The van der Waals surface area contributed by atoms with E-state index in [9.17, 15) is 23.4 Å². The Bertz CT molecular complexity index is 328. The van der Waals surface area contributed by atoms with E-state index in [0.717, 1.165) is 11.8 Å². The molecule has 0 aromatic carbocycles. The van der Waals surface area contributed by atoms with Gasteiger partial charge in [0.15, 0.2) is 5.17 Å². The van der Waals surface area contributed by atoms with Gasteiger partial charge in [-0.3, -0.25) is 5.41 Å². The molecule has 0 radical (unpaired) electrons. The molecule has 0 bridgehead atoms. The summed E-state index contributed by atoms with van der Waals surface area (Å²) in [4.78, 5) is 1.48. The Hall–Kier alpha value is -0.510. The van der Waals surface area contributed by atoms with E-state index in [4.69, 9.17) is 10.1 Å². The Balaban J connectivity index is 2.65. The van der Waals surface area contributed by atoms with Crippen LogP contribution in [0.1, 0.15) is 12.8 Å². The number of aliphatic hydroxyl groups excluding tert-OH is 2. The third kappa shape index (κ3) is 5.17. The molecule has 4 unspecified atom stereocenters. The van der Waals surface area contributed by atoms with Gasteiger partial charge in [0.1, 0.15) is 11.5 Å². The van der Waals surface area contributed by atoms with E-state index in [1.807, 2.05) is 0 Å². The zero-order valence-corrected chi connectivity index (χ0v) is 11.3. The van der Waals surface area contributed by atoms with E-state index in [-0.39, 0.29) is 11.6 Å². The lowest BCUT2D eigenvalue weighted by atomic mass is 10.00. The van der Waals surface area contributed by atoms with Gasteiger partial charge in [-0.1, -0.05) is 11.8 Å². The number of rotatable bonds is 2. The first-order valence-electron chi connectivity index (χ1n) is 5.61. The molecule has 1 fully saturated rings. The van der Waals surface area contributed by atoms with E-state index >= 15 is 0 Å². The van der Waals surface area contributed by atoms with E-state index < -0.39 is 36.3 Å². The van der Waals surface area contributed by atoms with Gasteiger partial charge in [0.05, 0.1) is 18.6 Å². The fourth-order valence-electron chi connectivity index (χ4n) is 1.62. The van der Waals surface area contributed by atoms with E-state index in [2.05, 4.69) is 0 Å². The highest BCUT2D eigenvalue weighted by Crippen LogP contribution is 2.34. The third-order valence-corrected chi connectivity index (χ3v) is 3.77. The second kappa shape index (κ2) is 6.29. The normalized spacial score (nSPS) is 32.2. The summed E-state index contributed by atoms with van der Waals surface area (Å²) in [6.07, 6.45) is -10.2. The fraction of sp³-hybridized carbons (Fsp3) is 0.900. The second-order valence-electron chi connectivity index (χ2n) is 4.53. The molecule has 0 aromatic heterocycles. The molecule has 1 heterocycles. The predicted octanol–water partition coefficient (Wildman–Crippen LogP) is 1.01. The average molecular weight is 302 g/mol. The molecule has 1 aliphatic rings. The quantitative estimate of drug-likeness (QED) is 0.524. The summed E-state index contributed by atoms with van der Waals surface area (Å²) in [6.45, 7) is 0. The van der Waals surface area contributed by atoms with Gasteiger partial charge in [0.2, 0.25) is 0 Å². The molecular formula is C10H17F3N2O3S.